The van der Waals surface area contributed by atoms with Gasteiger partial charge in [0.1, 0.15) is 0 Å². The molecule has 106 valence electrons. The smallest absolute Gasteiger partial charge is 0.0537 e. The van der Waals surface area contributed by atoms with Crippen LogP contribution in [0.3, 0.4) is 0 Å². The van der Waals surface area contributed by atoms with Crippen molar-refractivity contribution in [1.82, 2.24) is 15.1 Å². The lowest BCUT2D eigenvalue weighted by Crippen LogP contribution is -2.18. The van der Waals surface area contributed by atoms with Crippen molar-refractivity contribution in [3.63, 3.8) is 0 Å². The van der Waals surface area contributed by atoms with E-state index in [2.05, 4.69) is 65.6 Å². The van der Waals surface area contributed by atoms with Gasteiger partial charge >= 0.3 is 0 Å². The van der Waals surface area contributed by atoms with E-state index in [9.17, 15) is 0 Å². The van der Waals surface area contributed by atoms with Gasteiger partial charge in [0.15, 0.2) is 0 Å². The fourth-order valence-corrected chi connectivity index (χ4v) is 3.19. The van der Waals surface area contributed by atoms with Gasteiger partial charge in [-0.3, -0.25) is 4.68 Å². The summed E-state index contributed by atoms with van der Waals surface area (Å²) in [6, 6.07) is 11.3. The summed E-state index contributed by atoms with van der Waals surface area (Å²) in [7, 11) is 2.06. The molecule has 0 bridgehead atoms. The van der Waals surface area contributed by atoms with Crippen molar-refractivity contribution in [3.05, 3.63) is 53.9 Å². The molecule has 0 amide bonds. The van der Waals surface area contributed by atoms with Gasteiger partial charge in [-0.15, -0.1) is 0 Å². The van der Waals surface area contributed by atoms with Crippen molar-refractivity contribution in [2.45, 2.75) is 38.3 Å². The van der Waals surface area contributed by atoms with E-state index in [0.717, 1.165) is 13.0 Å². The maximum Gasteiger partial charge on any atom is 0.0537 e. The molecule has 1 aromatic heterocycles. The number of hydrogen-bond acceptors (Lipinski definition) is 2. The summed E-state index contributed by atoms with van der Waals surface area (Å²) in [5.74, 6) is 1.39. The number of nitrogens with zero attached hydrogens (tertiary/aromatic N) is 2. The first kappa shape index (κ1) is 13.4. The Morgan fingerprint density at radius 1 is 1.35 bits per heavy atom. The molecule has 0 spiro atoms. The third-order valence-corrected chi connectivity index (χ3v) is 4.27. The molecule has 0 saturated heterocycles. The SMILES string of the molecule is CCCn1cc(C(NC)C2CC2c2ccccc2)cn1. The third kappa shape index (κ3) is 2.63. The Bertz CT molecular complexity index is 546. The summed E-state index contributed by atoms with van der Waals surface area (Å²) in [6.07, 6.45) is 6.62. The Kier molecular flexibility index (Phi) is 3.88. The average molecular weight is 269 g/mol. The van der Waals surface area contributed by atoms with E-state index in [1.165, 1.54) is 17.5 Å². The molecule has 1 saturated carbocycles. The Labute approximate surface area is 121 Å². The van der Waals surface area contributed by atoms with E-state index in [4.69, 9.17) is 0 Å². The Balaban J connectivity index is 1.72. The van der Waals surface area contributed by atoms with Crippen molar-refractivity contribution in [3.8, 4) is 0 Å². The fourth-order valence-electron chi connectivity index (χ4n) is 3.19. The van der Waals surface area contributed by atoms with Gasteiger partial charge in [-0.05, 0) is 37.3 Å². The lowest BCUT2D eigenvalue weighted by atomic mass is 10.0. The van der Waals surface area contributed by atoms with Gasteiger partial charge < -0.3 is 5.32 Å². The minimum absolute atomic E-state index is 0.422. The van der Waals surface area contributed by atoms with Crippen LogP contribution in [0, 0.1) is 5.92 Å². The molecule has 1 heterocycles. The summed E-state index contributed by atoms with van der Waals surface area (Å²) >= 11 is 0. The maximum atomic E-state index is 4.46. The lowest BCUT2D eigenvalue weighted by molar-refractivity contribution is 0.516. The molecule has 1 aromatic carbocycles. The number of nitrogens with one attached hydrogen (secondary N) is 1. The zero-order valence-electron chi connectivity index (χ0n) is 12.3. The predicted molar refractivity (Wildman–Crippen MR) is 81.6 cm³/mol. The van der Waals surface area contributed by atoms with Crippen molar-refractivity contribution in [1.29, 1.82) is 0 Å². The first-order valence-corrected chi connectivity index (χ1v) is 7.58. The van der Waals surface area contributed by atoms with Gasteiger partial charge in [-0.1, -0.05) is 37.3 Å². The normalized spacial score (nSPS) is 22.7. The molecule has 3 atom stereocenters. The van der Waals surface area contributed by atoms with E-state index in [1.807, 2.05) is 6.20 Å². The fraction of sp³-hybridized carbons (Fsp3) is 0.471. The molecule has 1 fully saturated rings. The molecular weight excluding hydrogens is 246 g/mol. The van der Waals surface area contributed by atoms with Gasteiger partial charge in [0.2, 0.25) is 0 Å². The molecule has 1 aliphatic rings. The zero-order chi connectivity index (χ0) is 13.9. The molecule has 2 aromatic rings. The van der Waals surface area contributed by atoms with Crippen molar-refractivity contribution in [2.75, 3.05) is 7.05 Å². The highest BCUT2D eigenvalue weighted by atomic mass is 15.3. The van der Waals surface area contributed by atoms with Crippen LogP contribution in [0.5, 0.6) is 0 Å². The largest absolute Gasteiger partial charge is 0.313 e. The first-order chi connectivity index (χ1) is 9.83. The molecule has 0 aliphatic heterocycles. The standard InChI is InChI=1S/C17H23N3/c1-3-9-20-12-14(11-19-20)17(18-2)16-10-15(16)13-7-5-4-6-8-13/h4-8,11-12,15-18H,3,9-10H2,1-2H3. The summed E-state index contributed by atoms with van der Waals surface area (Å²) in [4.78, 5) is 0. The second-order valence-corrected chi connectivity index (χ2v) is 5.72. The number of hydrogen-bond donors (Lipinski definition) is 1. The van der Waals surface area contributed by atoms with Crippen LogP contribution in [0.2, 0.25) is 0 Å². The quantitative estimate of drug-likeness (QED) is 0.871. The number of aromatic nitrogens is 2. The van der Waals surface area contributed by atoms with Crippen LogP contribution in [0.1, 0.15) is 42.9 Å². The summed E-state index contributed by atoms with van der Waals surface area (Å²) in [5, 5.41) is 7.94. The van der Waals surface area contributed by atoms with E-state index in [0.29, 0.717) is 17.9 Å². The first-order valence-electron chi connectivity index (χ1n) is 7.58. The molecule has 0 radical (unpaired) electrons. The molecule has 3 unspecified atom stereocenters. The van der Waals surface area contributed by atoms with Crippen LogP contribution >= 0.6 is 0 Å². The zero-order valence-corrected chi connectivity index (χ0v) is 12.3. The minimum atomic E-state index is 0.422. The second kappa shape index (κ2) is 5.80. The van der Waals surface area contributed by atoms with Gasteiger partial charge in [0.25, 0.3) is 0 Å². The van der Waals surface area contributed by atoms with Gasteiger partial charge in [-0.25, -0.2) is 0 Å². The van der Waals surface area contributed by atoms with Crippen molar-refractivity contribution < 1.29 is 0 Å². The highest BCUT2D eigenvalue weighted by molar-refractivity contribution is 5.29. The van der Waals surface area contributed by atoms with Crippen LogP contribution in [0.25, 0.3) is 0 Å². The van der Waals surface area contributed by atoms with Gasteiger partial charge in [-0.2, -0.15) is 5.10 Å². The Morgan fingerprint density at radius 3 is 2.85 bits per heavy atom. The lowest BCUT2D eigenvalue weighted by Gasteiger charge is -2.14. The number of aryl methyl sites for hydroxylation is 1. The minimum Gasteiger partial charge on any atom is -0.313 e. The topological polar surface area (TPSA) is 29.9 Å². The molecule has 3 rings (SSSR count). The molecule has 3 nitrogen and oxygen atoms in total. The van der Waals surface area contributed by atoms with Crippen LogP contribution in [0.4, 0.5) is 0 Å². The predicted octanol–water partition coefficient (Wildman–Crippen LogP) is 3.36. The van der Waals surface area contributed by atoms with Gasteiger partial charge in [0, 0.05) is 24.3 Å². The van der Waals surface area contributed by atoms with Crippen LogP contribution in [-0.4, -0.2) is 16.8 Å². The molecule has 20 heavy (non-hydrogen) atoms. The van der Waals surface area contributed by atoms with E-state index in [-0.39, 0.29) is 0 Å². The molecule has 1 aliphatic carbocycles. The average Bonchev–Trinajstić information content (AvgIpc) is 3.13. The monoisotopic (exact) mass is 269 g/mol. The molecule has 1 N–H and O–H groups in total. The second-order valence-electron chi connectivity index (χ2n) is 5.72. The van der Waals surface area contributed by atoms with Crippen molar-refractivity contribution >= 4 is 0 Å². The third-order valence-electron chi connectivity index (χ3n) is 4.27. The van der Waals surface area contributed by atoms with Crippen LogP contribution < -0.4 is 5.32 Å². The maximum absolute atomic E-state index is 4.46. The van der Waals surface area contributed by atoms with E-state index >= 15 is 0 Å². The molecular formula is C17H23N3. The van der Waals surface area contributed by atoms with Crippen molar-refractivity contribution in [2.24, 2.45) is 5.92 Å². The molecule has 3 heteroatoms. The summed E-state index contributed by atoms with van der Waals surface area (Å²) < 4.78 is 2.06. The van der Waals surface area contributed by atoms with Crippen LogP contribution in [-0.2, 0) is 6.54 Å². The highest BCUT2D eigenvalue weighted by Crippen LogP contribution is 2.53. The van der Waals surface area contributed by atoms with Crippen LogP contribution in [0.15, 0.2) is 42.7 Å². The van der Waals surface area contributed by atoms with E-state index in [1.54, 1.807) is 0 Å². The number of rotatable bonds is 6. The number of benzene rings is 1. The Morgan fingerprint density at radius 2 is 2.15 bits per heavy atom. The highest BCUT2D eigenvalue weighted by Gasteiger charge is 2.44. The summed E-state index contributed by atoms with van der Waals surface area (Å²) in [5.41, 5.74) is 2.79. The summed E-state index contributed by atoms with van der Waals surface area (Å²) in [6.45, 7) is 3.19. The van der Waals surface area contributed by atoms with E-state index < -0.39 is 0 Å². The Hall–Kier alpha value is -1.61. The van der Waals surface area contributed by atoms with Gasteiger partial charge in [0.05, 0.1) is 6.20 Å².